The molecule has 2 aromatic heterocycles. The summed E-state index contributed by atoms with van der Waals surface area (Å²) in [5, 5.41) is 15.7. The Bertz CT molecular complexity index is 810. The van der Waals surface area contributed by atoms with Crippen LogP contribution in [0, 0.1) is 0 Å². The molecule has 0 radical (unpaired) electrons. The zero-order valence-corrected chi connectivity index (χ0v) is 12.2. The Morgan fingerprint density at radius 2 is 2.18 bits per heavy atom. The number of halogens is 1. The fourth-order valence-electron chi connectivity index (χ4n) is 2.47. The molecule has 0 amide bonds. The van der Waals surface area contributed by atoms with Gasteiger partial charge in [-0.3, -0.25) is 0 Å². The first-order chi connectivity index (χ1) is 10.7. The fourth-order valence-corrected chi connectivity index (χ4v) is 2.64. The third kappa shape index (κ3) is 2.08. The topological polar surface area (TPSA) is 109 Å². The number of aromatic nitrogens is 6. The van der Waals surface area contributed by atoms with Crippen molar-refractivity contribution in [2.45, 2.75) is 24.8 Å². The summed E-state index contributed by atoms with van der Waals surface area (Å²) in [7, 11) is 0. The van der Waals surface area contributed by atoms with Gasteiger partial charge in [-0.2, -0.15) is 9.67 Å². The van der Waals surface area contributed by atoms with Crippen molar-refractivity contribution in [2.75, 3.05) is 0 Å². The van der Waals surface area contributed by atoms with Crippen molar-refractivity contribution in [1.29, 1.82) is 0 Å². The Hall–Kier alpha value is -2.32. The minimum absolute atomic E-state index is 0.347. The highest BCUT2D eigenvalue weighted by Crippen LogP contribution is 2.38. The van der Waals surface area contributed by atoms with E-state index < -0.39 is 5.54 Å². The summed E-state index contributed by atoms with van der Waals surface area (Å²) < 4.78 is 6.90. The highest BCUT2D eigenvalue weighted by atomic mass is 35.5. The van der Waals surface area contributed by atoms with Crippen molar-refractivity contribution in [1.82, 2.24) is 30.3 Å². The van der Waals surface area contributed by atoms with Crippen LogP contribution in [0.1, 0.15) is 25.1 Å². The summed E-state index contributed by atoms with van der Waals surface area (Å²) in [5.74, 6) is 0.871. The lowest BCUT2D eigenvalue weighted by Gasteiger charge is -2.34. The molecule has 4 rings (SSSR count). The van der Waals surface area contributed by atoms with Crippen LogP contribution in [0.5, 0.6) is 0 Å². The molecule has 0 bridgehead atoms. The van der Waals surface area contributed by atoms with Gasteiger partial charge >= 0.3 is 0 Å². The van der Waals surface area contributed by atoms with Gasteiger partial charge in [0, 0.05) is 5.02 Å². The molecule has 1 aromatic carbocycles. The Balaban J connectivity index is 1.81. The van der Waals surface area contributed by atoms with Crippen molar-refractivity contribution in [3.8, 4) is 17.1 Å². The van der Waals surface area contributed by atoms with Crippen LogP contribution in [0.4, 0.5) is 0 Å². The molecule has 0 unspecified atom stereocenters. The molecule has 0 saturated heterocycles. The summed E-state index contributed by atoms with van der Waals surface area (Å²) in [6.45, 7) is 0. The van der Waals surface area contributed by atoms with Crippen LogP contribution in [-0.2, 0) is 5.54 Å². The molecule has 2 N–H and O–H groups in total. The summed E-state index contributed by atoms with van der Waals surface area (Å²) in [6.07, 6.45) is 4.29. The van der Waals surface area contributed by atoms with E-state index in [1.807, 2.05) is 0 Å². The van der Waals surface area contributed by atoms with Gasteiger partial charge in [-0.25, -0.2) is 0 Å². The van der Waals surface area contributed by atoms with Gasteiger partial charge in [0.05, 0.1) is 16.8 Å². The molecule has 1 aliphatic carbocycles. The first-order valence-electron chi connectivity index (χ1n) is 6.82. The number of hydrogen-bond donors (Lipinski definition) is 1. The minimum Gasteiger partial charge on any atom is -0.334 e. The molecule has 2 heterocycles. The van der Waals surface area contributed by atoms with Gasteiger partial charge in [0.1, 0.15) is 6.33 Å². The molecule has 0 aliphatic heterocycles. The van der Waals surface area contributed by atoms with Gasteiger partial charge in [0.15, 0.2) is 5.82 Å². The zero-order valence-electron chi connectivity index (χ0n) is 11.5. The third-order valence-corrected chi connectivity index (χ3v) is 4.14. The molecule has 8 nitrogen and oxygen atoms in total. The quantitative estimate of drug-likeness (QED) is 0.783. The molecule has 1 aliphatic rings. The lowest BCUT2D eigenvalue weighted by atomic mass is 9.77. The van der Waals surface area contributed by atoms with Crippen molar-refractivity contribution < 1.29 is 4.52 Å². The number of tetrazole rings is 1. The number of hydrogen-bond acceptors (Lipinski definition) is 7. The van der Waals surface area contributed by atoms with E-state index in [-0.39, 0.29) is 0 Å². The Morgan fingerprint density at radius 1 is 1.32 bits per heavy atom. The number of nitrogens with two attached hydrogens (primary N) is 1. The van der Waals surface area contributed by atoms with E-state index in [2.05, 4.69) is 25.7 Å². The summed E-state index contributed by atoms with van der Waals surface area (Å²) in [4.78, 5) is 4.44. The van der Waals surface area contributed by atoms with Crippen molar-refractivity contribution in [3.63, 3.8) is 0 Å². The molecule has 1 fully saturated rings. The standard InChI is InChI=1S/C13H12ClN7O/c14-8-2-3-10(21-7-16-19-20-21)9(6-8)11-17-12(18-22-11)13(15)4-1-5-13/h2-3,6-7H,1,4-5,15H2. The second-order valence-electron chi connectivity index (χ2n) is 5.35. The van der Waals surface area contributed by atoms with Crippen molar-refractivity contribution >= 4 is 11.6 Å². The van der Waals surface area contributed by atoms with Crippen LogP contribution in [0.2, 0.25) is 5.02 Å². The van der Waals surface area contributed by atoms with E-state index in [9.17, 15) is 0 Å². The Kier molecular flexibility index (Phi) is 2.95. The van der Waals surface area contributed by atoms with E-state index in [4.69, 9.17) is 21.9 Å². The summed E-state index contributed by atoms with van der Waals surface area (Å²) in [6, 6.07) is 5.27. The molecule has 0 atom stereocenters. The second kappa shape index (κ2) is 4.85. The van der Waals surface area contributed by atoms with Crippen LogP contribution in [0.15, 0.2) is 29.0 Å². The van der Waals surface area contributed by atoms with Crippen LogP contribution < -0.4 is 5.73 Å². The highest BCUT2D eigenvalue weighted by Gasteiger charge is 2.39. The average molecular weight is 318 g/mol. The maximum Gasteiger partial charge on any atom is 0.260 e. The van der Waals surface area contributed by atoms with E-state index in [1.54, 1.807) is 18.2 Å². The van der Waals surface area contributed by atoms with Gasteiger partial charge < -0.3 is 10.3 Å². The van der Waals surface area contributed by atoms with Gasteiger partial charge in [-0.1, -0.05) is 16.8 Å². The largest absolute Gasteiger partial charge is 0.334 e. The van der Waals surface area contributed by atoms with E-state index >= 15 is 0 Å². The van der Waals surface area contributed by atoms with Gasteiger partial charge in [0.2, 0.25) is 0 Å². The first kappa shape index (κ1) is 13.4. The molecule has 0 spiro atoms. The Labute approximate surface area is 130 Å². The predicted octanol–water partition coefficient (Wildman–Crippen LogP) is 1.70. The molecule has 3 aromatic rings. The molecule has 22 heavy (non-hydrogen) atoms. The second-order valence-corrected chi connectivity index (χ2v) is 5.79. The third-order valence-electron chi connectivity index (χ3n) is 3.90. The summed E-state index contributed by atoms with van der Waals surface area (Å²) >= 11 is 6.09. The maximum atomic E-state index is 6.23. The normalized spacial score (nSPS) is 16.5. The lowest BCUT2D eigenvalue weighted by Crippen LogP contribution is -2.44. The Morgan fingerprint density at radius 3 is 2.86 bits per heavy atom. The monoisotopic (exact) mass is 317 g/mol. The molecule has 1 saturated carbocycles. The van der Waals surface area contributed by atoms with Crippen LogP contribution in [0.3, 0.4) is 0 Å². The van der Waals surface area contributed by atoms with Crippen molar-refractivity contribution in [2.24, 2.45) is 5.73 Å². The van der Waals surface area contributed by atoms with E-state index in [1.165, 1.54) is 11.0 Å². The molecular formula is C13H12ClN7O. The lowest BCUT2D eigenvalue weighted by molar-refractivity contribution is 0.229. The van der Waals surface area contributed by atoms with Gasteiger partial charge in [0.25, 0.3) is 5.89 Å². The fraction of sp³-hybridized carbons (Fsp3) is 0.308. The maximum absolute atomic E-state index is 6.23. The van der Waals surface area contributed by atoms with Crippen LogP contribution in [0.25, 0.3) is 17.1 Å². The molecular weight excluding hydrogens is 306 g/mol. The highest BCUT2D eigenvalue weighted by molar-refractivity contribution is 6.31. The van der Waals surface area contributed by atoms with Crippen LogP contribution in [-0.4, -0.2) is 30.3 Å². The first-order valence-corrected chi connectivity index (χ1v) is 7.20. The van der Waals surface area contributed by atoms with Crippen molar-refractivity contribution in [3.05, 3.63) is 35.4 Å². The van der Waals surface area contributed by atoms with Gasteiger partial charge in [-0.15, -0.1) is 5.10 Å². The predicted molar refractivity (Wildman–Crippen MR) is 77.2 cm³/mol. The number of nitrogens with zero attached hydrogens (tertiary/aromatic N) is 6. The summed E-state index contributed by atoms with van der Waals surface area (Å²) in [5.41, 5.74) is 7.11. The smallest absolute Gasteiger partial charge is 0.260 e. The SMILES string of the molecule is NC1(c2noc(-c3cc(Cl)ccc3-n3cnnn3)n2)CCC1. The number of rotatable bonds is 3. The van der Waals surface area contributed by atoms with Crippen LogP contribution >= 0.6 is 11.6 Å². The van der Waals surface area contributed by atoms with E-state index in [0.29, 0.717) is 28.0 Å². The number of benzene rings is 1. The zero-order chi connectivity index (χ0) is 15.2. The minimum atomic E-state index is -0.477. The average Bonchev–Trinajstić information content (AvgIpc) is 3.16. The molecule has 112 valence electrons. The molecule has 9 heteroatoms. The van der Waals surface area contributed by atoms with E-state index in [0.717, 1.165) is 19.3 Å². The van der Waals surface area contributed by atoms with Gasteiger partial charge in [-0.05, 0) is 47.9 Å².